The number of hydrogen-bond donors (Lipinski definition) is 0. The molecule has 2 aliphatic rings. The molecule has 8 aromatic carbocycles. The van der Waals surface area contributed by atoms with E-state index in [1.807, 2.05) is 78.9 Å². The van der Waals surface area contributed by atoms with Crippen LogP contribution in [0.25, 0.3) is 67.2 Å². The van der Waals surface area contributed by atoms with Crippen molar-refractivity contribution in [1.29, 1.82) is 5.26 Å². The van der Waals surface area contributed by atoms with E-state index in [0.29, 0.717) is 23.0 Å². The first-order valence-corrected chi connectivity index (χ1v) is 18.7. The molecule has 5 nitrogen and oxygen atoms in total. The molecule has 11 rings (SSSR count). The number of hydrogen-bond acceptors (Lipinski definition) is 5. The van der Waals surface area contributed by atoms with Crippen LogP contribution in [0.5, 0.6) is 11.5 Å². The van der Waals surface area contributed by atoms with Crippen LogP contribution >= 0.6 is 0 Å². The van der Waals surface area contributed by atoms with Crippen LogP contribution in [0.4, 0.5) is 0 Å². The Morgan fingerprint density at radius 2 is 0.964 bits per heavy atom. The lowest BCUT2D eigenvalue weighted by molar-refractivity contribution is 0.436. The van der Waals surface area contributed by atoms with Crippen molar-refractivity contribution in [3.63, 3.8) is 0 Å². The van der Waals surface area contributed by atoms with Crippen LogP contribution in [-0.2, 0) is 5.41 Å². The van der Waals surface area contributed by atoms with Gasteiger partial charge >= 0.3 is 0 Å². The highest BCUT2D eigenvalue weighted by atomic mass is 16.5. The van der Waals surface area contributed by atoms with Crippen molar-refractivity contribution in [2.45, 2.75) is 5.41 Å². The molecule has 1 aliphatic heterocycles. The van der Waals surface area contributed by atoms with Gasteiger partial charge in [0, 0.05) is 27.8 Å². The average molecular weight is 715 g/mol. The number of aromatic nitrogens is 3. The van der Waals surface area contributed by atoms with Gasteiger partial charge < -0.3 is 4.74 Å². The Balaban J connectivity index is 1.22. The number of ether oxygens (including phenoxy) is 1. The number of fused-ring (bicyclic) bond motifs is 11. The Morgan fingerprint density at radius 1 is 0.411 bits per heavy atom. The van der Waals surface area contributed by atoms with Crippen LogP contribution in [0.3, 0.4) is 0 Å². The predicted molar refractivity (Wildman–Crippen MR) is 221 cm³/mol. The SMILES string of the molecule is N#Cc1ccc(-c2cc3c(c4ccccc24)-c2ccccc2C32c3ccccc3Oc3ccc(-c4nc(-c5ccccc5)nc(-c5ccccc5)n4)cc32)cc1. The van der Waals surface area contributed by atoms with Gasteiger partial charge in [-0.3, -0.25) is 0 Å². The maximum Gasteiger partial charge on any atom is 0.164 e. The lowest BCUT2D eigenvalue weighted by Crippen LogP contribution is -2.32. The van der Waals surface area contributed by atoms with E-state index in [9.17, 15) is 5.26 Å². The highest BCUT2D eigenvalue weighted by Crippen LogP contribution is 2.64. The van der Waals surface area contributed by atoms with E-state index in [0.717, 1.165) is 55.8 Å². The summed E-state index contributed by atoms with van der Waals surface area (Å²) in [7, 11) is 0. The van der Waals surface area contributed by atoms with Crippen LogP contribution in [0.1, 0.15) is 27.8 Å². The summed E-state index contributed by atoms with van der Waals surface area (Å²) in [5.41, 5.74) is 11.6. The molecule has 5 heteroatoms. The summed E-state index contributed by atoms with van der Waals surface area (Å²) < 4.78 is 6.82. The van der Waals surface area contributed by atoms with Crippen LogP contribution in [0.2, 0.25) is 0 Å². The third kappa shape index (κ3) is 4.70. The van der Waals surface area contributed by atoms with Gasteiger partial charge in [0.05, 0.1) is 17.0 Å². The molecule has 0 amide bonds. The molecular weight excluding hydrogens is 685 g/mol. The zero-order valence-corrected chi connectivity index (χ0v) is 30.0. The molecule has 0 saturated heterocycles. The van der Waals surface area contributed by atoms with Crippen LogP contribution in [-0.4, -0.2) is 15.0 Å². The summed E-state index contributed by atoms with van der Waals surface area (Å²) >= 11 is 0. The Kier molecular flexibility index (Phi) is 7.07. The third-order valence-electron chi connectivity index (χ3n) is 11.2. The van der Waals surface area contributed by atoms with E-state index >= 15 is 0 Å². The largest absolute Gasteiger partial charge is 0.457 e. The second-order valence-electron chi connectivity index (χ2n) is 14.2. The second kappa shape index (κ2) is 12.4. The second-order valence-corrected chi connectivity index (χ2v) is 14.2. The molecule has 2 heterocycles. The highest BCUT2D eigenvalue weighted by molar-refractivity contribution is 6.10. The van der Waals surface area contributed by atoms with Gasteiger partial charge in [-0.25, -0.2) is 15.0 Å². The maximum absolute atomic E-state index is 9.63. The fourth-order valence-electron chi connectivity index (χ4n) is 8.80. The standard InChI is InChI=1S/C51H30N4O/c52-31-32-23-25-33(26-24-32)40-30-44-47(38-18-8-7-17-37(38)40)39-19-9-10-20-41(39)51(44)42-21-11-12-22-45(42)56-46-28-27-36(29-43(46)51)50-54-48(34-13-3-1-4-14-34)53-49(55-50)35-15-5-2-6-16-35/h1-30H. The van der Waals surface area contributed by atoms with E-state index in [-0.39, 0.29) is 0 Å². The Hall–Kier alpha value is -7.68. The van der Waals surface area contributed by atoms with Crippen molar-refractivity contribution >= 4 is 10.8 Å². The molecule has 260 valence electrons. The van der Waals surface area contributed by atoms with E-state index in [4.69, 9.17) is 19.7 Å². The molecule has 0 fully saturated rings. The molecule has 1 aliphatic carbocycles. The maximum atomic E-state index is 9.63. The van der Waals surface area contributed by atoms with Gasteiger partial charge in [0.1, 0.15) is 11.5 Å². The smallest absolute Gasteiger partial charge is 0.164 e. The Morgan fingerprint density at radius 3 is 1.66 bits per heavy atom. The third-order valence-corrected chi connectivity index (χ3v) is 11.2. The van der Waals surface area contributed by atoms with Crippen molar-refractivity contribution < 1.29 is 4.74 Å². The van der Waals surface area contributed by atoms with E-state index in [2.05, 4.69) is 109 Å². The summed E-state index contributed by atoms with van der Waals surface area (Å²) in [6, 6.07) is 64.9. The van der Waals surface area contributed by atoms with Crippen LogP contribution in [0.15, 0.2) is 182 Å². The number of rotatable bonds is 4. The molecule has 56 heavy (non-hydrogen) atoms. The molecule has 0 saturated carbocycles. The summed E-state index contributed by atoms with van der Waals surface area (Å²) in [6.45, 7) is 0. The molecule has 1 spiro atoms. The van der Waals surface area contributed by atoms with Gasteiger partial charge in [0.25, 0.3) is 0 Å². The Labute approximate surface area is 323 Å². The molecule has 1 aromatic heterocycles. The van der Waals surface area contributed by atoms with Crippen LogP contribution in [0, 0.1) is 11.3 Å². The van der Waals surface area contributed by atoms with E-state index in [1.54, 1.807) is 0 Å². The first kappa shape index (κ1) is 31.8. The van der Waals surface area contributed by atoms with E-state index in [1.165, 1.54) is 27.6 Å². The van der Waals surface area contributed by atoms with Gasteiger partial charge in [0.15, 0.2) is 17.5 Å². The summed E-state index contributed by atoms with van der Waals surface area (Å²) in [4.78, 5) is 15.2. The van der Waals surface area contributed by atoms with Crippen LogP contribution < -0.4 is 4.74 Å². The molecule has 1 atom stereocenters. The lowest BCUT2D eigenvalue weighted by atomic mass is 9.65. The van der Waals surface area contributed by atoms with Gasteiger partial charge in [-0.2, -0.15) is 5.26 Å². The molecule has 9 aromatic rings. The molecule has 0 bridgehead atoms. The first-order valence-electron chi connectivity index (χ1n) is 18.7. The monoisotopic (exact) mass is 714 g/mol. The topological polar surface area (TPSA) is 71.7 Å². The minimum Gasteiger partial charge on any atom is -0.457 e. The molecule has 1 unspecified atom stereocenters. The summed E-state index contributed by atoms with van der Waals surface area (Å²) in [5.74, 6) is 3.40. The van der Waals surface area contributed by atoms with E-state index < -0.39 is 5.41 Å². The van der Waals surface area contributed by atoms with Crippen molar-refractivity contribution in [2.75, 3.05) is 0 Å². The van der Waals surface area contributed by atoms with Gasteiger partial charge in [-0.15, -0.1) is 0 Å². The normalized spacial score (nSPS) is 14.6. The molecule has 0 N–H and O–H groups in total. The van der Waals surface area contributed by atoms with Gasteiger partial charge in [-0.05, 0) is 86.6 Å². The Bertz CT molecular complexity index is 3000. The molecule has 0 radical (unpaired) electrons. The predicted octanol–water partition coefficient (Wildman–Crippen LogP) is 12.0. The van der Waals surface area contributed by atoms with Crippen molar-refractivity contribution in [1.82, 2.24) is 15.0 Å². The van der Waals surface area contributed by atoms with Gasteiger partial charge in [-0.1, -0.05) is 140 Å². The lowest BCUT2D eigenvalue weighted by Gasteiger charge is -2.39. The van der Waals surface area contributed by atoms with Crippen molar-refractivity contribution in [3.8, 4) is 74.0 Å². The summed E-state index contributed by atoms with van der Waals surface area (Å²) in [5, 5.41) is 12.0. The zero-order valence-electron chi connectivity index (χ0n) is 30.0. The minimum absolute atomic E-state index is 0.581. The quantitative estimate of drug-likeness (QED) is 0.181. The zero-order chi connectivity index (χ0) is 37.2. The van der Waals surface area contributed by atoms with Crippen molar-refractivity contribution in [3.05, 3.63) is 210 Å². The number of nitrogens with zero attached hydrogens (tertiary/aromatic N) is 4. The highest BCUT2D eigenvalue weighted by Gasteiger charge is 2.52. The minimum atomic E-state index is -0.741. The molecular formula is C51H30N4O. The van der Waals surface area contributed by atoms with Crippen molar-refractivity contribution in [2.24, 2.45) is 0 Å². The first-order chi connectivity index (χ1) is 27.7. The number of para-hydroxylation sites is 1. The number of benzene rings is 8. The fourth-order valence-corrected chi connectivity index (χ4v) is 8.80. The van der Waals surface area contributed by atoms with Gasteiger partial charge in [0.2, 0.25) is 0 Å². The fraction of sp³-hybridized carbons (Fsp3) is 0.0196. The average Bonchev–Trinajstić information content (AvgIpc) is 3.57. The number of nitriles is 1. The summed E-state index contributed by atoms with van der Waals surface area (Å²) in [6.07, 6.45) is 0.